The first-order chi connectivity index (χ1) is 8.79. The highest BCUT2D eigenvalue weighted by Crippen LogP contribution is 2.33. The number of nitrogens with zero attached hydrogens (tertiary/aromatic N) is 1. The second-order valence-corrected chi connectivity index (χ2v) is 4.77. The average Bonchev–Trinajstić information content (AvgIpc) is 3.05. The zero-order valence-corrected chi connectivity index (χ0v) is 10.5. The molecular weight excluding hydrogens is 230 g/mol. The van der Waals surface area contributed by atoms with Crippen LogP contribution in [0.15, 0.2) is 18.2 Å². The van der Waals surface area contributed by atoms with Crippen LogP contribution < -0.4 is 9.47 Å². The number of hydrogen-bond acceptors (Lipinski definition) is 3. The van der Waals surface area contributed by atoms with Crippen LogP contribution in [0.25, 0.3) is 0 Å². The van der Waals surface area contributed by atoms with Gasteiger partial charge in [-0.3, -0.25) is 4.79 Å². The van der Waals surface area contributed by atoms with E-state index in [9.17, 15) is 4.79 Å². The number of amides is 1. The second kappa shape index (κ2) is 4.52. The third kappa shape index (κ3) is 1.82. The first kappa shape index (κ1) is 11.4. The molecule has 1 atom stereocenters. The molecule has 1 saturated heterocycles. The Morgan fingerprint density at radius 1 is 1.39 bits per heavy atom. The molecule has 1 unspecified atom stereocenters. The summed E-state index contributed by atoms with van der Waals surface area (Å²) < 4.78 is 10.6. The Morgan fingerprint density at radius 2 is 2.22 bits per heavy atom. The van der Waals surface area contributed by atoms with Crippen LogP contribution >= 0.6 is 0 Å². The van der Waals surface area contributed by atoms with Gasteiger partial charge in [0.05, 0.1) is 0 Å². The van der Waals surface area contributed by atoms with E-state index in [1.54, 1.807) is 6.07 Å². The summed E-state index contributed by atoms with van der Waals surface area (Å²) in [7, 11) is 0. The number of fused-ring (bicyclic) bond motifs is 1. The predicted molar refractivity (Wildman–Crippen MR) is 66.9 cm³/mol. The normalized spacial score (nSPS) is 21.4. The summed E-state index contributed by atoms with van der Waals surface area (Å²) in [5, 5.41) is 0. The van der Waals surface area contributed by atoms with Crippen LogP contribution in [-0.2, 0) is 0 Å². The lowest BCUT2D eigenvalue weighted by molar-refractivity contribution is 0.0733. The fraction of sp³-hybridized carbons (Fsp3) is 0.500. The number of likely N-dealkylation sites (tertiary alicyclic amines) is 1. The van der Waals surface area contributed by atoms with Gasteiger partial charge in [0.25, 0.3) is 5.91 Å². The monoisotopic (exact) mass is 247 g/mol. The van der Waals surface area contributed by atoms with E-state index in [0.717, 1.165) is 31.6 Å². The van der Waals surface area contributed by atoms with Gasteiger partial charge < -0.3 is 14.4 Å². The molecule has 0 radical (unpaired) electrons. The lowest BCUT2D eigenvalue weighted by Gasteiger charge is -2.23. The summed E-state index contributed by atoms with van der Waals surface area (Å²) in [6.07, 6.45) is 3.25. The molecule has 0 spiro atoms. The molecule has 2 heterocycles. The number of benzene rings is 1. The van der Waals surface area contributed by atoms with Crippen LogP contribution in [0.5, 0.6) is 11.5 Å². The molecule has 0 aliphatic carbocycles. The van der Waals surface area contributed by atoms with E-state index in [0.29, 0.717) is 17.4 Å². The number of carbonyl (C=O) groups excluding carboxylic acids is 1. The summed E-state index contributed by atoms with van der Waals surface area (Å²) in [5.74, 6) is 1.51. The number of hydrogen-bond donors (Lipinski definition) is 0. The quantitative estimate of drug-likeness (QED) is 0.805. The molecular formula is C14H17NO3. The molecule has 18 heavy (non-hydrogen) atoms. The summed E-state index contributed by atoms with van der Waals surface area (Å²) in [6.45, 7) is 3.25. The largest absolute Gasteiger partial charge is 0.454 e. The van der Waals surface area contributed by atoms with Gasteiger partial charge in [0.2, 0.25) is 6.79 Å². The van der Waals surface area contributed by atoms with Gasteiger partial charge in [0.15, 0.2) is 11.5 Å². The Kier molecular flexibility index (Phi) is 2.86. The van der Waals surface area contributed by atoms with Crippen molar-refractivity contribution in [3.05, 3.63) is 23.8 Å². The van der Waals surface area contributed by atoms with E-state index in [-0.39, 0.29) is 12.7 Å². The highest BCUT2D eigenvalue weighted by atomic mass is 16.7. The van der Waals surface area contributed by atoms with Crippen LogP contribution in [0.1, 0.15) is 36.5 Å². The smallest absolute Gasteiger partial charge is 0.254 e. The molecule has 2 aliphatic rings. The van der Waals surface area contributed by atoms with Crippen LogP contribution in [0.3, 0.4) is 0 Å². The van der Waals surface area contributed by atoms with E-state index < -0.39 is 0 Å². The fourth-order valence-electron chi connectivity index (χ4n) is 2.72. The highest BCUT2D eigenvalue weighted by molar-refractivity contribution is 5.95. The summed E-state index contributed by atoms with van der Waals surface area (Å²) >= 11 is 0. The standard InChI is InChI=1S/C14H17NO3/c1-2-11-4-3-7-15(11)14(16)10-5-6-12-13(8-10)18-9-17-12/h5-6,8,11H,2-4,7,9H2,1H3. The minimum atomic E-state index is 0.109. The van der Waals surface area contributed by atoms with Crippen molar-refractivity contribution in [2.45, 2.75) is 32.2 Å². The Balaban J connectivity index is 1.84. The highest BCUT2D eigenvalue weighted by Gasteiger charge is 2.28. The Hall–Kier alpha value is -1.71. The Morgan fingerprint density at radius 3 is 3.06 bits per heavy atom. The third-order valence-electron chi connectivity index (χ3n) is 3.73. The van der Waals surface area contributed by atoms with Crippen LogP contribution in [0.4, 0.5) is 0 Å². The van der Waals surface area contributed by atoms with Crippen molar-refractivity contribution < 1.29 is 14.3 Å². The van der Waals surface area contributed by atoms with Crippen LogP contribution in [-0.4, -0.2) is 30.2 Å². The van der Waals surface area contributed by atoms with E-state index in [2.05, 4.69) is 6.92 Å². The predicted octanol–water partition coefficient (Wildman–Crippen LogP) is 2.43. The average molecular weight is 247 g/mol. The van der Waals surface area contributed by atoms with Crippen molar-refractivity contribution in [3.8, 4) is 11.5 Å². The van der Waals surface area contributed by atoms with E-state index >= 15 is 0 Å². The molecule has 0 N–H and O–H groups in total. The van der Waals surface area contributed by atoms with E-state index in [4.69, 9.17) is 9.47 Å². The molecule has 4 heteroatoms. The molecule has 1 aromatic carbocycles. The zero-order valence-electron chi connectivity index (χ0n) is 10.5. The van der Waals surface area contributed by atoms with Gasteiger partial charge in [-0.1, -0.05) is 6.92 Å². The molecule has 96 valence electrons. The van der Waals surface area contributed by atoms with Crippen molar-refractivity contribution in [1.29, 1.82) is 0 Å². The number of rotatable bonds is 2. The second-order valence-electron chi connectivity index (χ2n) is 4.77. The lowest BCUT2D eigenvalue weighted by Crippen LogP contribution is -2.35. The Labute approximate surface area is 106 Å². The van der Waals surface area contributed by atoms with E-state index in [1.807, 2.05) is 17.0 Å². The maximum Gasteiger partial charge on any atom is 0.254 e. The Bertz CT molecular complexity index is 472. The molecule has 1 aromatic rings. The maximum atomic E-state index is 12.4. The van der Waals surface area contributed by atoms with E-state index in [1.165, 1.54) is 0 Å². The van der Waals surface area contributed by atoms with Gasteiger partial charge in [-0.25, -0.2) is 0 Å². The molecule has 0 bridgehead atoms. The molecule has 0 saturated carbocycles. The zero-order chi connectivity index (χ0) is 12.5. The van der Waals surface area contributed by atoms with Gasteiger partial charge in [0, 0.05) is 18.2 Å². The maximum absolute atomic E-state index is 12.4. The minimum Gasteiger partial charge on any atom is -0.454 e. The van der Waals surface area contributed by atoms with Gasteiger partial charge >= 0.3 is 0 Å². The van der Waals surface area contributed by atoms with Crippen molar-refractivity contribution in [1.82, 2.24) is 4.90 Å². The summed E-state index contributed by atoms with van der Waals surface area (Å²) in [4.78, 5) is 14.4. The van der Waals surface area contributed by atoms with Crippen molar-refractivity contribution in [2.24, 2.45) is 0 Å². The molecule has 1 amide bonds. The van der Waals surface area contributed by atoms with Gasteiger partial charge in [-0.2, -0.15) is 0 Å². The molecule has 2 aliphatic heterocycles. The van der Waals surface area contributed by atoms with Gasteiger partial charge in [-0.15, -0.1) is 0 Å². The first-order valence-corrected chi connectivity index (χ1v) is 6.50. The van der Waals surface area contributed by atoms with Crippen LogP contribution in [0, 0.1) is 0 Å². The molecule has 3 rings (SSSR count). The van der Waals surface area contributed by atoms with Gasteiger partial charge in [0.1, 0.15) is 0 Å². The first-order valence-electron chi connectivity index (χ1n) is 6.50. The third-order valence-corrected chi connectivity index (χ3v) is 3.73. The SMILES string of the molecule is CCC1CCCN1C(=O)c1ccc2c(c1)OCO2. The lowest BCUT2D eigenvalue weighted by atomic mass is 10.1. The van der Waals surface area contributed by atoms with Crippen molar-refractivity contribution in [3.63, 3.8) is 0 Å². The van der Waals surface area contributed by atoms with Crippen molar-refractivity contribution in [2.75, 3.05) is 13.3 Å². The molecule has 1 fully saturated rings. The van der Waals surface area contributed by atoms with Gasteiger partial charge in [-0.05, 0) is 37.5 Å². The number of carbonyl (C=O) groups is 1. The fourth-order valence-corrected chi connectivity index (χ4v) is 2.72. The molecule has 0 aromatic heterocycles. The summed E-state index contributed by atoms with van der Waals surface area (Å²) in [6, 6.07) is 5.81. The minimum absolute atomic E-state index is 0.109. The topological polar surface area (TPSA) is 38.8 Å². The van der Waals surface area contributed by atoms with Crippen molar-refractivity contribution >= 4 is 5.91 Å². The molecule has 4 nitrogen and oxygen atoms in total. The number of ether oxygens (including phenoxy) is 2. The summed E-state index contributed by atoms with van der Waals surface area (Å²) in [5.41, 5.74) is 0.694. The van der Waals surface area contributed by atoms with Crippen LogP contribution in [0.2, 0.25) is 0 Å².